The summed E-state index contributed by atoms with van der Waals surface area (Å²) < 4.78 is 0. The average Bonchev–Trinajstić information content (AvgIpc) is 2.74. The van der Waals surface area contributed by atoms with Crippen molar-refractivity contribution in [2.75, 3.05) is 5.32 Å². The molecule has 4 aromatic rings. The maximum atomic E-state index is 6.06. The zero-order chi connectivity index (χ0) is 18.5. The number of aromatic nitrogens is 2. The normalized spacial score (nSPS) is 10.6. The van der Waals surface area contributed by atoms with Gasteiger partial charge in [-0.1, -0.05) is 84.4 Å². The van der Waals surface area contributed by atoms with Crippen LogP contribution in [0.5, 0.6) is 0 Å². The highest BCUT2D eigenvalue weighted by molar-refractivity contribution is 6.30. The Morgan fingerprint density at radius 1 is 0.704 bits per heavy atom. The van der Waals surface area contributed by atoms with Crippen molar-refractivity contribution in [2.24, 2.45) is 0 Å². The molecule has 0 saturated heterocycles. The Hall–Kier alpha value is -3.17. The van der Waals surface area contributed by atoms with E-state index in [0.717, 1.165) is 28.2 Å². The highest BCUT2D eigenvalue weighted by Crippen LogP contribution is 2.30. The van der Waals surface area contributed by atoms with Crippen molar-refractivity contribution in [1.82, 2.24) is 10.2 Å². The van der Waals surface area contributed by atoms with Gasteiger partial charge < -0.3 is 5.32 Å². The summed E-state index contributed by atoms with van der Waals surface area (Å²) in [6.45, 7) is 0.681. The first kappa shape index (κ1) is 17.3. The van der Waals surface area contributed by atoms with Gasteiger partial charge in [0.05, 0.1) is 5.69 Å². The first-order valence-electron chi connectivity index (χ1n) is 8.76. The maximum Gasteiger partial charge on any atom is 0.156 e. The number of halogens is 1. The second kappa shape index (κ2) is 8.02. The van der Waals surface area contributed by atoms with Crippen molar-refractivity contribution in [1.29, 1.82) is 0 Å². The van der Waals surface area contributed by atoms with Gasteiger partial charge in [0.1, 0.15) is 0 Å². The van der Waals surface area contributed by atoms with Crippen LogP contribution in [0, 0.1) is 0 Å². The van der Waals surface area contributed by atoms with Crippen molar-refractivity contribution < 1.29 is 0 Å². The first-order chi connectivity index (χ1) is 13.3. The topological polar surface area (TPSA) is 37.8 Å². The van der Waals surface area contributed by atoms with Crippen LogP contribution in [-0.2, 0) is 6.54 Å². The van der Waals surface area contributed by atoms with E-state index in [1.807, 2.05) is 72.8 Å². The van der Waals surface area contributed by atoms with E-state index in [-0.39, 0.29) is 0 Å². The third kappa shape index (κ3) is 4.15. The zero-order valence-electron chi connectivity index (χ0n) is 14.6. The lowest BCUT2D eigenvalue weighted by atomic mass is 10.0. The van der Waals surface area contributed by atoms with Crippen LogP contribution >= 0.6 is 11.6 Å². The van der Waals surface area contributed by atoms with Crippen LogP contribution in [0.15, 0.2) is 91.0 Å². The van der Waals surface area contributed by atoms with Crippen LogP contribution in [0.25, 0.3) is 22.4 Å². The molecule has 3 nitrogen and oxygen atoms in total. The molecule has 0 bridgehead atoms. The van der Waals surface area contributed by atoms with E-state index >= 15 is 0 Å². The Morgan fingerprint density at radius 2 is 1.37 bits per heavy atom. The lowest BCUT2D eigenvalue weighted by Crippen LogP contribution is -2.05. The summed E-state index contributed by atoms with van der Waals surface area (Å²) in [6, 6.07) is 30.2. The molecule has 0 fully saturated rings. The summed E-state index contributed by atoms with van der Waals surface area (Å²) in [5.74, 6) is 0.751. The van der Waals surface area contributed by atoms with E-state index in [9.17, 15) is 0 Å². The van der Waals surface area contributed by atoms with Gasteiger partial charge in [-0.05, 0) is 29.3 Å². The van der Waals surface area contributed by atoms with Gasteiger partial charge in [0.25, 0.3) is 0 Å². The summed E-state index contributed by atoms with van der Waals surface area (Å²) >= 11 is 6.06. The number of nitrogens with zero attached hydrogens (tertiary/aromatic N) is 2. The molecule has 4 rings (SSSR count). The Bertz CT molecular complexity index is 1020. The van der Waals surface area contributed by atoms with Gasteiger partial charge >= 0.3 is 0 Å². The molecule has 132 valence electrons. The van der Waals surface area contributed by atoms with Crippen LogP contribution in [0.2, 0.25) is 5.02 Å². The minimum atomic E-state index is 0.681. The number of benzene rings is 3. The quantitative estimate of drug-likeness (QED) is 0.462. The molecular formula is C23H18ClN3. The summed E-state index contributed by atoms with van der Waals surface area (Å²) in [7, 11) is 0. The fourth-order valence-electron chi connectivity index (χ4n) is 2.90. The summed E-state index contributed by atoms with van der Waals surface area (Å²) in [6.07, 6.45) is 0. The number of rotatable bonds is 5. The molecule has 0 aliphatic rings. The van der Waals surface area contributed by atoms with Crippen LogP contribution < -0.4 is 5.32 Å². The Balaban J connectivity index is 1.72. The molecule has 4 heteroatoms. The van der Waals surface area contributed by atoms with Gasteiger partial charge in [0.2, 0.25) is 0 Å². The fourth-order valence-corrected chi connectivity index (χ4v) is 3.03. The average molecular weight is 372 g/mol. The molecule has 1 heterocycles. The van der Waals surface area contributed by atoms with Gasteiger partial charge in [-0.2, -0.15) is 0 Å². The lowest BCUT2D eigenvalue weighted by molar-refractivity contribution is 1.01. The highest BCUT2D eigenvalue weighted by Gasteiger charge is 2.11. The first-order valence-corrected chi connectivity index (χ1v) is 9.14. The van der Waals surface area contributed by atoms with Crippen LogP contribution in [0.3, 0.4) is 0 Å². The van der Waals surface area contributed by atoms with E-state index in [1.54, 1.807) is 0 Å². The summed E-state index contributed by atoms with van der Waals surface area (Å²) in [5, 5.41) is 13.0. The smallest absolute Gasteiger partial charge is 0.156 e. The van der Waals surface area contributed by atoms with Gasteiger partial charge in [0, 0.05) is 22.7 Å². The van der Waals surface area contributed by atoms with E-state index in [4.69, 9.17) is 11.6 Å². The monoisotopic (exact) mass is 371 g/mol. The molecule has 1 N–H and O–H groups in total. The second-order valence-corrected chi connectivity index (χ2v) is 6.64. The van der Waals surface area contributed by atoms with E-state index in [2.05, 4.69) is 33.7 Å². The number of hydrogen-bond acceptors (Lipinski definition) is 3. The van der Waals surface area contributed by atoms with E-state index < -0.39 is 0 Å². The zero-order valence-corrected chi connectivity index (χ0v) is 15.4. The fraction of sp³-hybridized carbons (Fsp3) is 0.0435. The highest BCUT2D eigenvalue weighted by atomic mass is 35.5. The Kier molecular flexibility index (Phi) is 5.13. The Morgan fingerprint density at radius 3 is 2.07 bits per heavy atom. The summed E-state index contributed by atoms with van der Waals surface area (Å²) in [5.41, 5.74) is 5.10. The van der Waals surface area contributed by atoms with Gasteiger partial charge in [-0.15, -0.1) is 10.2 Å². The largest absolute Gasteiger partial charge is 0.364 e. The number of anilines is 1. The number of nitrogens with one attached hydrogen (secondary N) is 1. The summed E-state index contributed by atoms with van der Waals surface area (Å²) in [4.78, 5) is 0. The van der Waals surface area contributed by atoms with Crippen LogP contribution in [0.1, 0.15) is 5.56 Å². The standard InChI is InChI=1S/C23H18ClN3/c24-20-13-11-18(12-14-20)21-15-22(19-9-5-2-6-10-19)26-27-23(21)25-16-17-7-3-1-4-8-17/h1-15H,16H2,(H,25,27). The third-order valence-corrected chi connectivity index (χ3v) is 4.57. The molecule has 0 saturated carbocycles. The predicted molar refractivity (Wildman–Crippen MR) is 112 cm³/mol. The van der Waals surface area contributed by atoms with Crippen molar-refractivity contribution in [3.05, 3.63) is 102 Å². The van der Waals surface area contributed by atoms with Crippen molar-refractivity contribution >= 4 is 17.4 Å². The second-order valence-electron chi connectivity index (χ2n) is 6.20. The van der Waals surface area contributed by atoms with E-state index in [0.29, 0.717) is 11.6 Å². The molecule has 27 heavy (non-hydrogen) atoms. The number of hydrogen-bond donors (Lipinski definition) is 1. The molecular weight excluding hydrogens is 354 g/mol. The maximum absolute atomic E-state index is 6.06. The minimum Gasteiger partial charge on any atom is -0.364 e. The van der Waals surface area contributed by atoms with Gasteiger partial charge in [0.15, 0.2) is 5.82 Å². The SMILES string of the molecule is Clc1ccc(-c2cc(-c3ccccc3)nnc2NCc2ccccc2)cc1. The van der Waals surface area contributed by atoms with Gasteiger partial charge in [-0.25, -0.2) is 0 Å². The van der Waals surface area contributed by atoms with Crippen LogP contribution in [0.4, 0.5) is 5.82 Å². The molecule has 0 aliphatic carbocycles. The molecule has 0 atom stereocenters. The minimum absolute atomic E-state index is 0.681. The molecule has 0 spiro atoms. The van der Waals surface area contributed by atoms with Crippen molar-refractivity contribution in [3.63, 3.8) is 0 Å². The predicted octanol–water partition coefficient (Wildman–Crippen LogP) is 6.08. The molecule has 1 aromatic heterocycles. The lowest BCUT2D eigenvalue weighted by Gasteiger charge is -2.12. The Labute approximate surface area is 163 Å². The molecule has 0 amide bonds. The van der Waals surface area contributed by atoms with E-state index in [1.165, 1.54) is 5.56 Å². The molecule has 0 unspecified atom stereocenters. The van der Waals surface area contributed by atoms with Crippen molar-refractivity contribution in [2.45, 2.75) is 6.54 Å². The molecule has 0 radical (unpaired) electrons. The van der Waals surface area contributed by atoms with Crippen LogP contribution in [-0.4, -0.2) is 10.2 Å². The third-order valence-electron chi connectivity index (χ3n) is 4.32. The van der Waals surface area contributed by atoms with Gasteiger partial charge in [-0.3, -0.25) is 0 Å². The molecule has 3 aromatic carbocycles. The molecule has 0 aliphatic heterocycles. The van der Waals surface area contributed by atoms with Crippen molar-refractivity contribution in [3.8, 4) is 22.4 Å².